The van der Waals surface area contributed by atoms with Crippen molar-refractivity contribution < 1.29 is 19.1 Å². The van der Waals surface area contributed by atoms with Crippen molar-refractivity contribution in [3.63, 3.8) is 0 Å². The molecule has 1 N–H and O–H groups in total. The van der Waals surface area contributed by atoms with Crippen molar-refractivity contribution in [1.82, 2.24) is 24.4 Å². The highest BCUT2D eigenvalue weighted by Gasteiger charge is 2.47. The summed E-state index contributed by atoms with van der Waals surface area (Å²) >= 11 is 6.81. The van der Waals surface area contributed by atoms with E-state index in [1.165, 1.54) is 47.1 Å². The zero-order valence-corrected chi connectivity index (χ0v) is 26.1. The Hall–Kier alpha value is -4.84. The Labute approximate surface area is 263 Å². The van der Waals surface area contributed by atoms with Gasteiger partial charge in [0.15, 0.2) is 5.65 Å². The number of fused-ring (bicyclic) bond motifs is 5. The first-order chi connectivity index (χ1) is 21.3. The molecule has 0 bridgehead atoms. The van der Waals surface area contributed by atoms with Crippen molar-refractivity contribution in [2.45, 2.75) is 45.2 Å². The Balaban J connectivity index is 1.76. The summed E-state index contributed by atoms with van der Waals surface area (Å²) in [7, 11) is 1.51. The SMILES string of the molecule is C=CC(=O)N1C[C@@H](C)N2c3c(c(=O)n(-c4ncncc4C(C)(C)C)c4nc(-c5c(O)cccc5F)c(Cl)cc34)N(C)C(=O)[C@H]2C1. The molecule has 2 amide bonds. The van der Waals surface area contributed by atoms with E-state index in [0.29, 0.717) is 16.6 Å². The second-order valence-electron chi connectivity index (χ2n) is 12.3. The van der Waals surface area contributed by atoms with E-state index in [1.54, 1.807) is 17.2 Å². The summed E-state index contributed by atoms with van der Waals surface area (Å²) in [5, 5.41) is 11.1. The van der Waals surface area contributed by atoms with Crippen LogP contribution in [0.3, 0.4) is 0 Å². The molecule has 13 heteroatoms. The normalized spacial score (nSPS) is 18.2. The number of phenols is 1. The lowest BCUT2D eigenvalue weighted by Crippen LogP contribution is -2.66. The highest BCUT2D eigenvalue weighted by Crippen LogP contribution is 2.45. The van der Waals surface area contributed by atoms with E-state index in [0.717, 1.165) is 0 Å². The second kappa shape index (κ2) is 10.7. The number of nitrogens with zero attached hydrogens (tertiary/aromatic N) is 7. The number of hydrogen-bond acceptors (Lipinski definition) is 8. The van der Waals surface area contributed by atoms with Crippen LogP contribution in [0.1, 0.15) is 33.3 Å². The molecular weight excluding hydrogens is 601 g/mol. The van der Waals surface area contributed by atoms with Crippen molar-refractivity contribution in [3.8, 4) is 22.8 Å². The molecule has 45 heavy (non-hydrogen) atoms. The number of halogens is 2. The van der Waals surface area contributed by atoms with Gasteiger partial charge in [0.2, 0.25) is 5.91 Å². The average Bonchev–Trinajstić information content (AvgIpc) is 2.99. The summed E-state index contributed by atoms with van der Waals surface area (Å²) in [6.45, 7) is 11.6. The van der Waals surface area contributed by atoms with Crippen LogP contribution in [0.25, 0.3) is 28.1 Å². The highest BCUT2D eigenvalue weighted by atomic mass is 35.5. The number of pyridine rings is 2. The Morgan fingerprint density at radius 3 is 2.60 bits per heavy atom. The van der Waals surface area contributed by atoms with Crippen LogP contribution in [0.4, 0.5) is 15.8 Å². The minimum atomic E-state index is -0.813. The van der Waals surface area contributed by atoms with Crippen LogP contribution in [0.2, 0.25) is 5.02 Å². The fourth-order valence-corrected chi connectivity index (χ4v) is 6.52. The molecule has 0 unspecified atom stereocenters. The topological polar surface area (TPSA) is 125 Å². The smallest absolute Gasteiger partial charge is 0.284 e. The average molecular weight is 632 g/mol. The van der Waals surface area contributed by atoms with Gasteiger partial charge in [-0.2, -0.15) is 0 Å². The summed E-state index contributed by atoms with van der Waals surface area (Å²) in [5.74, 6) is -1.58. The standard InChI is InChI=1S/C32H31ClFN7O4/c1-7-23(43)39-13-16(2)40-21(14-39)30(44)38(6)27-26(40)17-11-19(33)25(24-20(34)9-8-10-22(24)42)37-28(17)41(31(27)45)29-18(32(3,4)5)12-35-15-36-29/h7-12,15-16,21,42H,1,13-14H2,2-6H3/t16-,21-/m1/s1. The van der Waals surface area contributed by atoms with Gasteiger partial charge in [0.05, 0.1) is 28.5 Å². The lowest BCUT2D eigenvalue weighted by Gasteiger charge is -2.50. The van der Waals surface area contributed by atoms with E-state index in [1.807, 2.05) is 32.6 Å². The van der Waals surface area contributed by atoms with Gasteiger partial charge in [-0.3, -0.25) is 14.4 Å². The third-order valence-corrected chi connectivity index (χ3v) is 8.66. The minimum Gasteiger partial charge on any atom is -0.507 e. The van der Waals surface area contributed by atoms with Gasteiger partial charge in [0.1, 0.15) is 35.4 Å². The fourth-order valence-electron chi connectivity index (χ4n) is 6.27. The van der Waals surface area contributed by atoms with E-state index in [-0.39, 0.29) is 64.1 Å². The molecule has 11 nitrogen and oxygen atoms in total. The molecule has 2 atom stereocenters. The zero-order valence-electron chi connectivity index (χ0n) is 25.4. The molecule has 3 aromatic heterocycles. The van der Waals surface area contributed by atoms with Crippen molar-refractivity contribution in [2.75, 3.05) is 29.9 Å². The predicted octanol–water partition coefficient (Wildman–Crippen LogP) is 4.21. The molecule has 5 heterocycles. The van der Waals surface area contributed by atoms with Gasteiger partial charge < -0.3 is 19.8 Å². The number of likely N-dealkylation sites (N-methyl/N-ethyl adjacent to an activating group) is 1. The summed E-state index contributed by atoms with van der Waals surface area (Å²) in [4.78, 5) is 59.4. The third kappa shape index (κ3) is 4.62. The van der Waals surface area contributed by atoms with Gasteiger partial charge in [-0.1, -0.05) is 45.0 Å². The van der Waals surface area contributed by atoms with Crippen LogP contribution in [0.5, 0.6) is 5.75 Å². The maximum absolute atomic E-state index is 15.2. The predicted molar refractivity (Wildman–Crippen MR) is 170 cm³/mol. The number of rotatable bonds is 3. The quantitative estimate of drug-likeness (QED) is 0.334. The molecule has 0 radical (unpaired) electrons. The van der Waals surface area contributed by atoms with Crippen LogP contribution in [0, 0.1) is 5.82 Å². The van der Waals surface area contributed by atoms with Crippen LogP contribution in [-0.2, 0) is 15.0 Å². The summed E-state index contributed by atoms with van der Waals surface area (Å²) in [6.07, 6.45) is 4.13. The summed E-state index contributed by atoms with van der Waals surface area (Å²) in [5.41, 5.74) is -0.228. The number of phenolic OH excluding ortho intramolecular Hbond substituents is 1. The number of benzene rings is 1. The van der Waals surface area contributed by atoms with Crippen molar-refractivity contribution in [3.05, 3.63) is 76.2 Å². The van der Waals surface area contributed by atoms with E-state index in [2.05, 4.69) is 16.5 Å². The maximum Gasteiger partial charge on any atom is 0.284 e. The van der Waals surface area contributed by atoms with Crippen molar-refractivity contribution in [1.29, 1.82) is 0 Å². The van der Waals surface area contributed by atoms with Crippen LogP contribution < -0.4 is 15.4 Å². The molecule has 0 spiro atoms. The number of aromatic nitrogens is 4. The molecule has 4 aromatic rings. The van der Waals surface area contributed by atoms with Gasteiger partial charge in [0, 0.05) is 36.8 Å². The Morgan fingerprint density at radius 1 is 1.20 bits per heavy atom. The maximum atomic E-state index is 15.2. The third-order valence-electron chi connectivity index (χ3n) is 8.38. The van der Waals surface area contributed by atoms with E-state index < -0.39 is 28.9 Å². The van der Waals surface area contributed by atoms with Crippen molar-refractivity contribution in [2.24, 2.45) is 0 Å². The summed E-state index contributed by atoms with van der Waals surface area (Å²) < 4.78 is 16.5. The van der Waals surface area contributed by atoms with Gasteiger partial charge >= 0.3 is 0 Å². The number of piperazine rings is 1. The van der Waals surface area contributed by atoms with Crippen LogP contribution >= 0.6 is 11.6 Å². The van der Waals surface area contributed by atoms with Gasteiger partial charge in [-0.15, -0.1) is 0 Å². The van der Waals surface area contributed by atoms with Gasteiger partial charge in [0.25, 0.3) is 11.5 Å². The molecule has 0 saturated carbocycles. The van der Waals surface area contributed by atoms with Gasteiger partial charge in [-0.05, 0) is 36.6 Å². The Morgan fingerprint density at radius 2 is 1.93 bits per heavy atom. The van der Waals surface area contributed by atoms with E-state index >= 15 is 4.39 Å². The minimum absolute atomic E-state index is 0.0123. The first-order valence-electron chi connectivity index (χ1n) is 14.3. The number of amides is 2. The molecule has 232 valence electrons. The molecule has 0 aliphatic carbocycles. The largest absolute Gasteiger partial charge is 0.507 e. The number of anilines is 2. The van der Waals surface area contributed by atoms with Crippen LogP contribution in [-0.4, -0.2) is 73.6 Å². The zero-order chi connectivity index (χ0) is 32.5. The number of hydrogen-bond donors (Lipinski definition) is 1. The molecule has 2 aliphatic rings. The fraction of sp³-hybridized carbons (Fsp3) is 0.312. The molecule has 1 fully saturated rings. The molecular formula is C32H31ClFN7O4. The highest BCUT2D eigenvalue weighted by molar-refractivity contribution is 6.34. The lowest BCUT2D eigenvalue weighted by atomic mass is 9.88. The Bertz CT molecular complexity index is 1970. The molecule has 6 rings (SSSR count). The first-order valence-corrected chi connectivity index (χ1v) is 14.7. The van der Waals surface area contributed by atoms with E-state index in [4.69, 9.17) is 16.6 Å². The Kier molecular flexibility index (Phi) is 7.15. The molecule has 1 aromatic carbocycles. The lowest BCUT2D eigenvalue weighted by molar-refractivity contribution is -0.129. The number of carbonyl (C=O) groups excluding carboxylic acids is 2. The summed E-state index contributed by atoms with van der Waals surface area (Å²) in [6, 6.07) is 4.20. The van der Waals surface area contributed by atoms with Gasteiger partial charge in [-0.25, -0.2) is 23.9 Å². The van der Waals surface area contributed by atoms with E-state index in [9.17, 15) is 19.5 Å². The first kappa shape index (κ1) is 30.2. The number of carbonyl (C=O) groups is 2. The monoisotopic (exact) mass is 631 g/mol. The van der Waals surface area contributed by atoms with Crippen LogP contribution in [0.15, 0.2) is 54.2 Å². The molecule has 2 aliphatic heterocycles. The number of aromatic hydroxyl groups is 1. The van der Waals surface area contributed by atoms with Crippen molar-refractivity contribution >= 4 is 45.8 Å². The molecule has 1 saturated heterocycles. The second-order valence-corrected chi connectivity index (χ2v) is 12.7.